The van der Waals surface area contributed by atoms with Crippen LogP contribution in [0, 0.1) is 17.8 Å². The fraction of sp³-hybridized carbons (Fsp3) is 0.643. The van der Waals surface area contributed by atoms with Gasteiger partial charge in [0.05, 0.1) is 17.9 Å². The monoisotopic (exact) mass is 859 g/mol. The van der Waals surface area contributed by atoms with Crippen LogP contribution in [0.15, 0.2) is 36.4 Å². The van der Waals surface area contributed by atoms with Gasteiger partial charge in [-0.15, -0.1) is 0 Å². The molecule has 3 fully saturated rings. The smallest absolute Gasteiger partial charge is 0.408 e. The van der Waals surface area contributed by atoms with E-state index in [9.17, 15) is 22.8 Å². The van der Waals surface area contributed by atoms with Crippen LogP contribution in [-0.2, 0) is 33.9 Å². The van der Waals surface area contributed by atoms with Crippen LogP contribution < -0.4 is 24.8 Å². The first-order valence-corrected chi connectivity index (χ1v) is 22.4. The first-order chi connectivity index (χ1) is 27.8. The number of ether oxygens (including phenoxy) is 4. The Morgan fingerprint density at radius 1 is 1.12 bits per heavy atom. The molecule has 3 heterocycles. The largest absolute Gasteiger partial charge is 0.475 e. The normalized spacial score (nSPS) is 28.8. The van der Waals surface area contributed by atoms with Crippen molar-refractivity contribution in [1.29, 1.82) is 0 Å². The number of hydrogen-bond acceptors (Lipinski definition) is 11. The zero-order valence-electron chi connectivity index (χ0n) is 35.0. The quantitative estimate of drug-likeness (QED) is 0.193. The molecule has 0 unspecified atom stereocenters. The molecule has 2 saturated carbocycles. The van der Waals surface area contributed by atoms with Gasteiger partial charge in [0.15, 0.2) is 0 Å². The topological polar surface area (TPSA) is 192 Å². The van der Waals surface area contributed by atoms with Crippen LogP contribution >= 0.6 is 11.6 Å². The van der Waals surface area contributed by atoms with Crippen LogP contribution in [0.5, 0.6) is 11.8 Å². The highest BCUT2D eigenvalue weighted by Crippen LogP contribution is 2.48. The molecule has 59 heavy (non-hydrogen) atoms. The number of alkyl carbamates (subject to hydrolysis) is 1. The van der Waals surface area contributed by atoms with E-state index in [1.165, 1.54) is 4.90 Å². The van der Waals surface area contributed by atoms with Crippen LogP contribution in [-0.4, -0.2) is 103 Å². The Morgan fingerprint density at radius 2 is 1.86 bits per heavy atom. The number of pyridine rings is 1. The second kappa shape index (κ2) is 17.4. The molecular weight excluding hydrogens is 802 g/mol. The lowest BCUT2D eigenvalue weighted by Gasteiger charge is -2.34. The van der Waals surface area contributed by atoms with Crippen LogP contribution in [0.2, 0.25) is 5.02 Å². The SMILES string of the molecule is CC[C@@H]1C[C@@H](C)CC/C=C\[C@@H]2C[C@@]2(C(=O)NS(=O)(=O)C2(C)CC2)NC(=O)[C@@H]2C[C@@H](Oc3nc(OCCOC)cc4c(Cl)cccc34)CN2C(=O)[C@H]1NC(=O)OC(C)(C)C. The number of benzene rings is 1. The highest BCUT2D eigenvalue weighted by molar-refractivity contribution is 7.91. The fourth-order valence-electron chi connectivity index (χ4n) is 7.99. The van der Waals surface area contributed by atoms with Gasteiger partial charge in [-0.05, 0) is 90.2 Å². The third-order valence-corrected chi connectivity index (χ3v) is 14.3. The second-order valence-electron chi connectivity index (χ2n) is 17.7. The molecule has 0 spiro atoms. The number of carbonyl (C=O) groups excluding carboxylic acids is 4. The molecule has 2 aliphatic carbocycles. The zero-order chi connectivity index (χ0) is 42.9. The van der Waals surface area contributed by atoms with Crippen molar-refractivity contribution in [3.05, 3.63) is 41.4 Å². The average molecular weight is 860 g/mol. The predicted molar refractivity (Wildman–Crippen MR) is 221 cm³/mol. The molecule has 0 bridgehead atoms. The van der Waals surface area contributed by atoms with Crippen molar-refractivity contribution >= 4 is 56.2 Å². The molecule has 4 amide bonds. The van der Waals surface area contributed by atoms with Gasteiger partial charge in [0.2, 0.25) is 33.6 Å². The first kappa shape index (κ1) is 44.4. The van der Waals surface area contributed by atoms with Gasteiger partial charge >= 0.3 is 6.09 Å². The van der Waals surface area contributed by atoms with Crippen molar-refractivity contribution in [3.8, 4) is 11.8 Å². The summed E-state index contributed by atoms with van der Waals surface area (Å²) in [5.41, 5.74) is -2.41. The lowest BCUT2D eigenvalue weighted by Crippen LogP contribution is -2.59. The number of hydrogen-bond donors (Lipinski definition) is 3. The molecule has 3 N–H and O–H groups in total. The van der Waals surface area contributed by atoms with Crippen LogP contribution in [0.4, 0.5) is 4.79 Å². The molecule has 15 nitrogen and oxygen atoms in total. The van der Waals surface area contributed by atoms with E-state index in [0.29, 0.717) is 54.5 Å². The minimum atomic E-state index is -4.03. The van der Waals surface area contributed by atoms with Crippen LogP contribution in [0.25, 0.3) is 10.8 Å². The molecule has 1 aromatic carbocycles. The van der Waals surface area contributed by atoms with Gasteiger partial charge < -0.3 is 34.5 Å². The van der Waals surface area contributed by atoms with E-state index < -0.39 is 73.8 Å². The van der Waals surface area contributed by atoms with Crippen molar-refractivity contribution in [2.75, 3.05) is 26.9 Å². The number of aromatic nitrogens is 1. The van der Waals surface area contributed by atoms with Crippen molar-refractivity contribution < 1.29 is 46.5 Å². The molecule has 7 atom stereocenters. The van der Waals surface area contributed by atoms with E-state index >= 15 is 4.79 Å². The van der Waals surface area contributed by atoms with E-state index in [4.69, 9.17) is 30.5 Å². The number of allylic oxidation sites excluding steroid dienone is 1. The Labute approximate surface area is 351 Å². The van der Waals surface area contributed by atoms with Crippen molar-refractivity contribution in [1.82, 2.24) is 25.2 Å². The standard InChI is InChI=1S/C42H58ClN5O10S/c1-8-26-20-25(2)12-9-10-13-27-23-42(27,38(51)47-59(53,54)41(6)16-17-41)46-35(49)32-21-28(24-48(32)37(50)34(26)45-39(52)58-40(3,4)5)57-36-29-14-11-15-31(43)30(29)22-33(44-36)56-19-18-55-7/h10-11,13-15,22,25-28,32,34H,8-9,12,16-21,23-24H2,1-7H3,(H,45,52)(H,46,49)(H,47,51)/b13-10-/t25-,26+,27+,28+,32-,34-,42+/m0/s1. The summed E-state index contributed by atoms with van der Waals surface area (Å²) in [5.74, 6) is -2.24. The maximum atomic E-state index is 15.0. The van der Waals surface area contributed by atoms with E-state index in [1.54, 1.807) is 59.1 Å². The van der Waals surface area contributed by atoms with Gasteiger partial charge in [0.25, 0.3) is 5.91 Å². The Kier molecular flexibility index (Phi) is 13.1. The third-order valence-electron chi connectivity index (χ3n) is 11.9. The number of nitrogens with zero attached hydrogens (tertiary/aromatic N) is 2. The second-order valence-corrected chi connectivity index (χ2v) is 20.3. The van der Waals surface area contributed by atoms with Crippen molar-refractivity contribution in [2.24, 2.45) is 17.8 Å². The molecule has 324 valence electrons. The highest BCUT2D eigenvalue weighted by atomic mass is 35.5. The van der Waals surface area contributed by atoms with Crippen molar-refractivity contribution in [3.63, 3.8) is 0 Å². The van der Waals surface area contributed by atoms with E-state index in [-0.39, 0.29) is 49.6 Å². The van der Waals surface area contributed by atoms with Crippen molar-refractivity contribution in [2.45, 2.75) is 127 Å². The summed E-state index contributed by atoms with van der Waals surface area (Å²) in [4.78, 5) is 63.1. The minimum absolute atomic E-state index is 0.0169. The number of fused-ring (bicyclic) bond motifs is 3. The van der Waals surface area contributed by atoms with E-state index in [2.05, 4.69) is 27.3 Å². The van der Waals surface area contributed by atoms with Gasteiger partial charge in [-0.3, -0.25) is 19.1 Å². The number of rotatable bonds is 11. The number of halogens is 1. The maximum Gasteiger partial charge on any atom is 0.408 e. The third kappa shape index (κ3) is 10.1. The summed E-state index contributed by atoms with van der Waals surface area (Å²) in [6, 6.07) is 4.73. The Hall–Kier alpha value is -4.15. The maximum absolute atomic E-state index is 15.0. The molecular formula is C42H58ClN5O10S. The van der Waals surface area contributed by atoms with Gasteiger partial charge in [-0.1, -0.05) is 50.1 Å². The molecule has 17 heteroatoms. The minimum Gasteiger partial charge on any atom is -0.475 e. The van der Waals surface area contributed by atoms with Gasteiger partial charge in [0, 0.05) is 41.3 Å². The van der Waals surface area contributed by atoms with Gasteiger partial charge in [0.1, 0.15) is 35.9 Å². The summed E-state index contributed by atoms with van der Waals surface area (Å²) in [6.07, 6.45) is 5.83. The molecule has 2 aliphatic heterocycles. The van der Waals surface area contributed by atoms with Gasteiger partial charge in [-0.25, -0.2) is 13.2 Å². The fourth-order valence-corrected chi connectivity index (χ4v) is 9.53. The lowest BCUT2D eigenvalue weighted by molar-refractivity contribution is -0.142. The predicted octanol–water partition coefficient (Wildman–Crippen LogP) is 5.43. The summed E-state index contributed by atoms with van der Waals surface area (Å²) >= 11 is 6.61. The molecule has 4 aliphatic rings. The summed E-state index contributed by atoms with van der Waals surface area (Å²) in [5, 5.41) is 7.40. The summed E-state index contributed by atoms with van der Waals surface area (Å²) in [6.45, 7) is 11.3. The average Bonchev–Trinajstić information content (AvgIpc) is 4.04. The Balaban J connectivity index is 1.38. The molecule has 6 rings (SSSR count). The lowest BCUT2D eigenvalue weighted by atomic mass is 9.85. The number of methoxy groups -OCH3 is 1. The molecule has 2 aromatic rings. The molecule has 1 saturated heterocycles. The number of nitrogens with one attached hydrogen (secondary N) is 3. The Bertz CT molecular complexity index is 2070. The highest BCUT2D eigenvalue weighted by Gasteiger charge is 2.63. The van der Waals surface area contributed by atoms with Gasteiger partial charge in [-0.2, -0.15) is 4.98 Å². The first-order valence-electron chi connectivity index (χ1n) is 20.5. The summed E-state index contributed by atoms with van der Waals surface area (Å²) < 4.78 is 50.9. The zero-order valence-corrected chi connectivity index (χ0v) is 36.5. The van der Waals surface area contributed by atoms with E-state index in [1.807, 2.05) is 19.1 Å². The van der Waals surface area contributed by atoms with Crippen LogP contribution in [0.1, 0.15) is 92.9 Å². The number of sulfonamides is 1. The molecule has 0 radical (unpaired) electrons. The number of amides is 4. The summed E-state index contributed by atoms with van der Waals surface area (Å²) in [7, 11) is -2.47. The van der Waals surface area contributed by atoms with E-state index in [0.717, 1.165) is 6.42 Å². The Morgan fingerprint density at radius 3 is 2.54 bits per heavy atom. The molecule has 1 aromatic heterocycles. The van der Waals surface area contributed by atoms with Crippen LogP contribution in [0.3, 0.4) is 0 Å². The number of carbonyl (C=O) groups is 4.